The van der Waals surface area contributed by atoms with Crippen LogP contribution >= 0.6 is 11.6 Å². The number of fused-ring (bicyclic) bond motifs is 1. The van der Waals surface area contributed by atoms with Crippen LogP contribution < -0.4 is 5.73 Å². The largest absolute Gasteiger partial charge is 0.368 e. The molecule has 0 atom stereocenters. The SMILES string of the molecule is CC(C)S(=O)(=O)n1c(N)nc2ccc(C(=CCl)c3ccccc3)cc21. The third-order valence-electron chi connectivity index (χ3n) is 3.99. The highest BCUT2D eigenvalue weighted by Gasteiger charge is 2.24. The van der Waals surface area contributed by atoms with Gasteiger partial charge in [-0.25, -0.2) is 17.4 Å². The van der Waals surface area contributed by atoms with E-state index in [-0.39, 0.29) is 5.95 Å². The molecule has 3 rings (SSSR count). The number of aromatic nitrogens is 2. The van der Waals surface area contributed by atoms with Crippen molar-refractivity contribution in [3.05, 3.63) is 65.2 Å². The Bertz CT molecular complexity index is 1050. The molecule has 130 valence electrons. The van der Waals surface area contributed by atoms with E-state index in [0.717, 1.165) is 20.7 Å². The number of nitrogens with two attached hydrogens (primary N) is 1. The van der Waals surface area contributed by atoms with Crippen molar-refractivity contribution >= 4 is 44.2 Å². The van der Waals surface area contributed by atoms with Crippen LogP contribution in [0.1, 0.15) is 25.0 Å². The van der Waals surface area contributed by atoms with Gasteiger partial charge >= 0.3 is 0 Å². The normalized spacial score (nSPS) is 12.9. The van der Waals surface area contributed by atoms with E-state index in [0.29, 0.717) is 11.0 Å². The molecular weight excluding hydrogens is 358 g/mol. The lowest BCUT2D eigenvalue weighted by atomic mass is 9.99. The molecule has 2 aromatic carbocycles. The molecule has 0 unspecified atom stereocenters. The van der Waals surface area contributed by atoms with Crippen molar-refractivity contribution in [2.75, 3.05) is 5.73 Å². The Morgan fingerprint density at radius 2 is 1.84 bits per heavy atom. The molecule has 25 heavy (non-hydrogen) atoms. The highest BCUT2D eigenvalue weighted by molar-refractivity contribution is 7.90. The van der Waals surface area contributed by atoms with Crippen LogP contribution in [-0.4, -0.2) is 22.6 Å². The summed E-state index contributed by atoms with van der Waals surface area (Å²) in [4.78, 5) is 4.17. The van der Waals surface area contributed by atoms with E-state index >= 15 is 0 Å². The average molecular weight is 376 g/mol. The first-order chi connectivity index (χ1) is 11.9. The van der Waals surface area contributed by atoms with Crippen LogP contribution in [0, 0.1) is 0 Å². The summed E-state index contributed by atoms with van der Waals surface area (Å²) >= 11 is 6.05. The smallest absolute Gasteiger partial charge is 0.244 e. The van der Waals surface area contributed by atoms with E-state index in [1.807, 2.05) is 36.4 Å². The van der Waals surface area contributed by atoms with Crippen LogP contribution in [0.4, 0.5) is 5.95 Å². The number of imidazole rings is 1. The Morgan fingerprint density at radius 3 is 2.44 bits per heavy atom. The number of benzene rings is 2. The molecule has 3 aromatic rings. The summed E-state index contributed by atoms with van der Waals surface area (Å²) in [7, 11) is -3.63. The predicted molar refractivity (Wildman–Crippen MR) is 103 cm³/mol. The molecule has 0 aliphatic carbocycles. The molecule has 0 saturated heterocycles. The van der Waals surface area contributed by atoms with Gasteiger partial charge in [0.2, 0.25) is 16.0 Å². The number of rotatable bonds is 4. The molecule has 0 amide bonds. The van der Waals surface area contributed by atoms with Gasteiger partial charge in [-0.1, -0.05) is 48.0 Å². The second kappa shape index (κ2) is 6.54. The summed E-state index contributed by atoms with van der Waals surface area (Å²) < 4.78 is 26.4. The van der Waals surface area contributed by atoms with Gasteiger partial charge in [-0.2, -0.15) is 0 Å². The van der Waals surface area contributed by atoms with Crippen molar-refractivity contribution in [2.45, 2.75) is 19.1 Å². The molecule has 0 aliphatic heterocycles. The van der Waals surface area contributed by atoms with Gasteiger partial charge in [-0.15, -0.1) is 0 Å². The van der Waals surface area contributed by atoms with Crippen molar-refractivity contribution in [3.8, 4) is 0 Å². The quantitative estimate of drug-likeness (QED) is 0.751. The van der Waals surface area contributed by atoms with Crippen LogP contribution in [-0.2, 0) is 10.0 Å². The second-order valence-electron chi connectivity index (χ2n) is 5.92. The van der Waals surface area contributed by atoms with Crippen molar-refractivity contribution in [3.63, 3.8) is 0 Å². The molecular formula is C18H18ClN3O2S. The summed E-state index contributed by atoms with van der Waals surface area (Å²) in [5, 5.41) is -0.618. The molecule has 0 spiro atoms. The van der Waals surface area contributed by atoms with E-state index < -0.39 is 15.3 Å². The zero-order valence-electron chi connectivity index (χ0n) is 13.8. The Labute approximate surface area is 151 Å². The first-order valence-electron chi connectivity index (χ1n) is 7.75. The number of hydrogen-bond acceptors (Lipinski definition) is 4. The van der Waals surface area contributed by atoms with E-state index in [1.165, 1.54) is 5.54 Å². The van der Waals surface area contributed by atoms with E-state index in [4.69, 9.17) is 17.3 Å². The Balaban J connectivity index is 2.24. The van der Waals surface area contributed by atoms with Crippen LogP contribution in [0.2, 0.25) is 0 Å². The van der Waals surface area contributed by atoms with Crippen molar-refractivity contribution < 1.29 is 8.42 Å². The van der Waals surface area contributed by atoms with E-state index in [9.17, 15) is 8.42 Å². The molecule has 1 aromatic heterocycles. The Kier molecular flexibility index (Phi) is 4.58. The van der Waals surface area contributed by atoms with E-state index in [1.54, 1.807) is 26.0 Å². The third-order valence-corrected chi connectivity index (χ3v) is 6.29. The van der Waals surface area contributed by atoms with Gasteiger partial charge in [-0.05, 0) is 37.1 Å². The van der Waals surface area contributed by atoms with Crippen LogP contribution in [0.25, 0.3) is 16.6 Å². The number of nitrogen functional groups attached to an aromatic ring is 1. The highest BCUT2D eigenvalue weighted by atomic mass is 35.5. The maximum atomic E-state index is 12.7. The highest BCUT2D eigenvalue weighted by Crippen LogP contribution is 2.29. The maximum Gasteiger partial charge on any atom is 0.244 e. The van der Waals surface area contributed by atoms with Crippen molar-refractivity contribution in [1.29, 1.82) is 0 Å². The molecule has 0 bridgehead atoms. The molecule has 5 nitrogen and oxygen atoms in total. The monoisotopic (exact) mass is 375 g/mol. The fourth-order valence-electron chi connectivity index (χ4n) is 2.63. The number of hydrogen-bond donors (Lipinski definition) is 1. The number of halogens is 1. The first-order valence-corrected chi connectivity index (χ1v) is 9.68. The molecule has 7 heteroatoms. The molecule has 0 radical (unpaired) electrons. The average Bonchev–Trinajstić information content (AvgIpc) is 2.92. The maximum absolute atomic E-state index is 12.7. The van der Waals surface area contributed by atoms with Gasteiger partial charge in [0.05, 0.1) is 16.3 Å². The minimum absolute atomic E-state index is 0.0445. The molecule has 0 fully saturated rings. The van der Waals surface area contributed by atoms with Crippen molar-refractivity contribution in [1.82, 2.24) is 8.96 Å². The zero-order valence-corrected chi connectivity index (χ0v) is 15.4. The fraction of sp³-hybridized carbons (Fsp3) is 0.167. The lowest BCUT2D eigenvalue weighted by molar-refractivity contribution is 0.580. The van der Waals surface area contributed by atoms with Crippen molar-refractivity contribution in [2.24, 2.45) is 0 Å². The summed E-state index contributed by atoms with van der Waals surface area (Å²) in [6.07, 6.45) is 0. The number of nitrogens with zero attached hydrogens (tertiary/aromatic N) is 2. The summed E-state index contributed by atoms with van der Waals surface area (Å²) in [6.45, 7) is 3.22. The van der Waals surface area contributed by atoms with Crippen LogP contribution in [0.5, 0.6) is 0 Å². The second-order valence-corrected chi connectivity index (χ2v) is 8.48. The lowest BCUT2D eigenvalue weighted by Gasteiger charge is -2.12. The number of anilines is 1. The van der Waals surface area contributed by atoms with Gasteiger partial charge in [0.1, 0.15) is 0 Å². The summed E-state index contributed by atoms with van der Waals surface area (Å²) in [6, 6.07) is 15.0. The van der Waals surface area contributed by atoms with Gasteiger partial charge < -0.3 is 5.73 Å². The summed E-state index contributed by atoms with van der Waals surface area (Å²) in [5.74, 6) is -0.0445. The lowest BCUT2D eigenvalue weighted by Crippen LogP contribution is -2.23. The van der Waals surface area contributed by atoms with Gasteiger partial charge in [0.25, 0.3) is 0 Å². The van der Waals surface area contributed by atoms with E-state index in [2.05, 4.69) is 4.98 Å². The van der Waals surface area contributed by atoms with Gasteiger partial charge in [0.15, 0.2) is 0 Å². The fourth-order valence-corrected chi connectivity index (χ4v) is 4.02. The Hall–Kier alpha value is -2.31. The predicted octanol–water partition coefficient (Wildman–Crippen LogP) is 3.83. The third kappa shape index (κ3) is 3.03. The molecule has 0 aliphatic rings. The standard InChI is InChI=1S/C18H18ClN3O2S/c1-12(2)25(23,24)22-17-10-14(8-9-16(17)21-18(22)20)15(11-19)13-6-4-3-5-7-13/h3-12H,1-2H3,(H2,20,21). The molecule has 1 heterocycles. The molecule has 2 N–H and O–H groups in total. The first kappa shape index (κ1) is 17.5. The van der Waals surface area contributed by atoms with Gasteiger partial charge in [-0.3, -0.25) is 0 Å². The van der Waals surface area contributed by atoms with Crippen LogP contribution in [0.15, 0.2) is 54.1 Å². The minimum atomic E-state index is -3.63. The topological polar surface area (TPSA) is 78.0 Å². The Morgan fingerprint density at radius 1 is 1.16 bits per heavy atom. The minimum Gasteiger partial charge on any atom is -0.368 e. The van der Waals surface area contributed by atoms with Gasteiger partial charge in [0, 0.05) is 11.1 Å². The molecule has 0 saturated carbocycles. The van der Waals surface area contributed by atoms with Crippen LogP contribution in [0.3, 0.4) is 0 Å². The zero-order chi connectivity index (χ0) is 18.2. The summed E-state index contributed by atoms with van der Waals surface area (Å²) in [5.41, 5.74) is 10.8.